The van der Waals surface area contributed by atoms with Crippen molar-refractivity contribution in [2.45, 2.75) is 83.5 Å². The van der Waals surface area contributed by atoms with Gasteiger partial charge in [-0.2, -0.15) is 0 Å². The third kappa shape index (κ3) is 6.71. The summed E-state index contributed by atoms with van der Waals surface area (Å²) in [4.78, 5) is 18.7. The summed E-state index contributed by atoms with van der Waals surface area (Å²) >= 11 is 6.01. The van der Waals surface area contributed by atoms with Crippen molar-refractivity contribution in [3.05, 3.63) is 46.7 Å². The molecule has 1 aromatic heterocycles. The summed E-state index contributed by atoms with van der Waals surface area (Å²) in [5.74, 6) is -0.199. The number of sulfone groups is 1. The van der Waals surface area contributed by atoms with Gasteiger partial charge in [0, 0.05) is 22.6 Å². The lowest BCUT2D eigenvalue weighted by Crippen LogP contribution is -2.50. The molecule has 9 heteroatoms. The first kappa shape index (κ1) is 25.2. The van der Waals surface area contributed by atoms with Crippen LogP contribution in [0.15, 0.2) is 35.6 Å². The first-order valence-electron chi connectivity index (χ1n) is 10.3. The van der Waals surface area contributed by atoms with E-state index in [9.17, 15) is 13.2 Å². The van der Waals surface area contributed by atoms with Crippen LogP contribution in [0.3, 0.4) is 0 Å². The summed E-state index contributed by atoms with van der Waals surface area (Å²) in [5, 5.41) is 3.45. The van der Waals surface area contributed by atoms with Crippen molar-refractivity contribution in [3.63, 3.8) is 0 Å². The number of hydrogen-bond acceptors (Lipinski definition) is 4. The molecule has 0 spiro atoms. The number of benzene rings is 1. The third-order valence-electron chi connectivity index (χ3n) is 4.58. The predicted molar refractivity (Wildman–Crippen MR) is 124 cm³/mol. The highest BCUT2D eigenvalue weighted by Crippen LogP contribution is 2.24. The van der Waals surface area contributed by atoms with Gasteiger partial charge in [0.25, 0.3) is 0 Å². The molecule has 0 radical (unpaired) electrons. The van der Waals surface area contributed by atoms with Crippen LogP contribution in [0, 0.1) is 0 Å². The van der Waals surface area contributed by atoms with Gasteiger partial charge in [-0.15, -0.1) is 0 Å². The van der Waals surface area contributed by atoms with Gasteiger partial charge in [-0.1, -0.05) is 23.7 Å². The zero-order valence-corrected chi connectivity index (χ0v) is 20.9. The number of amides is 2. The standard InChI is InChI=1S/C22H33ClN4O3S/c1-15(2)26(20(28)25-22(5,6)7)13-19-12-24-21(27(19)16(3)4)31(29,30)14-17-9-8-10-18(23)11-17/h8-12,15-16H,13-14H2,1-7H3,(H,25,28). The van der Waals surface area contributed by atoms with Crippen LogP contribution >= 0.6 is 11.6 Å². The van der Waals surface area contributed by atoms with Crippen LogP contribution < -0.4 is 5.32 Å². The smallest absolute Gasteiger partial charge is 0.318 e. The Kier molecular flexibility index (Phi) is 7.81. The quantitative estimate of drug-likeness (QED) is 0.631. The Hall–Kier alpha value is -2.06. The SMILES string of the molecule is CC(C)N(Cc1cnc(S(=O)(=O)Cc2cccc(Cl)c2)n1C(C)C)C(=O)NC(C)(C)C. The Morgan fingerprint density at radius 3 is 2.39 bits per heavy atom. The first-order valence-corrected chi connectivity index (χ1v) is 12.4. The van der Waals surface area contributed by atoms with Gasteiger partial charge in [-0.05, 0) is 66.2 Å². The minimum absolute atomic E-state index is 0.00240. The maximum atomic E-state index is 13.2. The summed E-state index contributed by atoms with van der Waals surface area (Å²) in [6.07, 6.45) is 1.55. The molecule has 0 unspecified atom stereocenters. The Balaban J connectivity index is 2.39. The average molecular weight is 469 g/mol. The van der Waals surface area contributed by atoms with E-state index in [-0.39, 0.29) is 41.1 Å². The number of nitrogens with zero attached hydrogens (tertiary/aromatic N) is 3. The predicted octanol–water partition coefficient (Wildman–Crippen LogP) is 4.81. The van der Waals surface area contributed by atoms with Gasteiger partial charge >= 0.3 is 6.03 Å². The largest absolute Gasteiger partial charge is 0.333 e. The van der Waals surface area contributed by atoms with Crippen molar-refractivity contribution in [2.75, 3.05) is 0 Å². The fourth-order valence-electron chi connectivity index (χ4n) is 3.24. The van der Waals surface area contributed by atoms with Gasteiger partial charge in [0.1, 0.15) is 0 Å². The number of imidazole rings is 1. The molecule has 1 N–H and O–H groups in total. The molecule has 2 rings (SSSR count). The van der Waals surface area contributed by atoms with Gasteiger partial charge in [0.15, 0.2) is 0 Å². The molecule has 172 valence electrons. The highest BCUT2D eigenvalue weighted by Gasteiger charge is 2.28. The monoisotopic (exact) mass is 468 g/mol. The second-order valence-electron chi connectivity index (χ2n) is 9.29. The van der Waals surface area contributed by atoms with Crippen molar-refractivity contribution in [1.82, 2.24) is 19.8 Å². The lowest BCUT2D eigenvalue weighted by molar-refractivity contribution is 0.169. The van der Waals surface area contributed by atoms with E-state index in [0.29, 0.717) is 16.3 Å². The molecule has 0 fully saturated rings. The van der Waals surface area contributed by atoms with Crippen molar-refractivity contribution in [1.29, 1.82) is 0 Å². The maximum absolute atomic E-state index is 13.2. The second kappa shape index (κ2) is 9.61. The van der Waals surface area contributed by atoms with Gasteiger partial charge in [-0.3, -0.25) is 0 Å². The molecule has 1 heterocycles. The Morgan fingerprint density at radius 2 is 1.87 bits per heavy atom. The number of urea groups is 1. The summed E-state index contributed by atoms with van der Waals surface area (Å²) in [5.41, 5.74) is 0.881. The van der Waals surface area contributed by atoms with E-state index in [1.165, 1.54) is 0 Å². The van der Waals surface area contributed by atoms with Crippen LogP contribution in [0.2, 0.25) is 5.02 Å². The van der Waals surface area contributed by atoms with Crippen LogP contribution in [0.25, 0.3) is 0 Å². The van der Waals surface area contributed by atoms with Crippen LogP contribution in [-0.4, -0.2) is 40.5 Å². The zero-order valence-electron chi connectivity index (χ0n) is 19.3. The van der Waals surface area contributed by atoms with E-state index in [2.05, 4.69) is 10.3 Å². The molecular weight excluding hydrogens is 436 g/mol. The number of carbonyl (C=O) groups excluding carboxylic acids is 1. The van der Waals surface area contributed by atoms with Crippen LogP contribution in [-0.2, 0) is 22.1 Å². The van der Waals surface area contributed by atoms with Crippen molar-refractivity contribution < 1.29 is 13.2 Å². The molecule has 0 aliphatic heterocycles. The minimum Gasteiger partial charge on any atom is -0.333 e. The van der Waals surface area contributed by atoms with E-state index in [1.807, 2.05) is 48.5 Å². The Bertz CT molecular complexity index is 1020. The normalized spacial score (nSPS) is 12.5. The number of nitrogens with one attached hydrogen (secondary N) is 1. The minimum atomic E-state index is -3.72. The topological polar surface area (TPSA) is 84.3 Å². The summed E-state index contributed by atoms with van der Waals surface area (Å²) < 4.78 is 28.0. The van der Waals surface area contributed by atoms with Crippen molar-refractivity contribution in [3.8, 4) is 0 Å². The molecule has 7 nitrogen and oxygen atoms in total. The molecule has 0 saturated carbocycles. The Morgan fingerprint density at radius 1 is 1.23 bits per heavy atom. The van der Waals surface area contributed by atoms with E-state index in [0.717, 1.165) is 0 Å². The number of halogens is 1. The van der Waals surface area contributed by atoms with Crippen molar-refractivity contribution >= 4 is 27.5 Å². The molecule has 0 atom stereocenters. The summed E-state index contributed by atoms with van der Waals surface area (Å²) in [6.45, 7) is 13.7. The molecule has 31 heavy (non-hydrogen) atoms. The fourth-order valence-corrected chi connectivity index (χ4v) is 5.04. The van der Waals surface area contributed by atoms with E-state index < -0.39 is 9.84 Å². The van der Waals surface area contributed by atoms with E-state index in [4.69, 9.17) is 11.6 Å². The average Bonchev–Trinajstić information content (AvgIpc) is 3.02. The van der Waals surface area contributed by atoms with Gasteiger partial charge < -0.3 is 14.8 Å². The van der Waals surface area contributed by atoms with Crippen LogP contribution in [0.4, 0.5) is 4.79 Å². The zero-order chi connectivity index (χ0) is 23.6. The molecule has 2 amide bonds. The molecule has 0 aliphatic rings. The number of hydrogen-bond donors (Lipinski definition) is 1. The summed E-state index contributed by atoms with van der Waals surface area (Å²) in [6, 6.07) is 6.35. The lowest BCUT2D eigenvalue weighted by atomic mass is 10.1. The van der Waals surface area contributed by atoms with Crippen LogP contribution in [0.1, 0.15) is 65.8 Å². The summed E-state index contributed by atoms with van der Waals surface area (Å²) in [7, 11) is -3.72. The number of aromatic nitrogens is 2. The third-order valence-corrected chi connectivity index (χ3v) is 6.39. The number of rotatable bonds is 7. The van der Waals surface area contributed by atoms with Crippen LogP contribution in [0.5, 0.6) is 0 Å². The highest BCUT2D eigenvalue weighted by molar-refractivity contribution is 7.90. The molecule has 2 aromatic rings. The Labute approximate surface area is 190 Å². The first-order chi connectivity index (χ1) is 14.2. The maximum Gasteiger partial charge on any atom is 0.318 e. The highest BCUT2D eigenvalue weighted by atomic mass is 35.5. The number of carbonyl (C=O) groups is 1. The molecule has 0 saturated heterocycles. The van der Waals surface area contributed by atoms with Gasteiger partial charge in [-0.25, -0.2) is 18.2 Å². The fraction of sp³-hybridized carbons (Fsp3) is 0.545. The molecule has 1 aromatic carbocycles. The second-order valence-corrected chi connectivity index (χ2v) is 11.6. The van der Waals surface area contributed by atoms with E-state index in [1.54, 1.807) is 39.9 Å². The lowest BCUT2D eigenvalue weighted by Gasteiger charge is -2.31. The van der Waals surface area contributed by atoms with Gasteiger partial charge in [0.05, 0.1) is 24.2 Å². The van der Waals surface area contributed by atoms with Crippen molar-refractivity contribution in [2.24, 2.45) is 0 Å². The van der Waals surface area contributed by atoms with Gasteiger partial charge in [0.2, 0.25) is 15.0 Å². The molecule has 0 bridgehead atoms. The molecule has 0 aliphatic carbocycles. The molecular formula is C22H33ClN4O3S. The van der Waals surface area contributed by atoms with E-state index >= 15 is 0 Å².